The van der Waals surface area contributed by atoms with Gasteiger partial charge in [0.05, 0.1) is 0 Å². The van der Waals surface area contributed by atoms with E-state index in [1.54, 1.807) is 22.3 Å². The summed E-state index contributed by atoms with van der Waals surface area (Å²) in [5.74, 6) is -0.254. The summed E-state index contributed by atoms with van der Waals surface area (Å²) in [4.78, 5) is 19.2. The molecule has 0 aliphatic rings. The number of aromatic amines is 1. The molecule has 1 amide bonds. The minimum Gasteiger partial charge on any atom is -0.336 e. The summed E-state index contributed by atoms with van der Waals surface area (Å²) >= 11 is 6.60. The number of carbonyl (C=O) groups is 1. The average Bonchev–Trinajstić information content (AvgIpc) is 3.09. The van der Waals surface area contributed by atoms with Crippen molar-refractivity contribution in [3.63, 3.8) is 0 Å². The molecule has 7 heteroatoms. The van der Waals surface area contributed by atoms with Gasteiger partial charge in [0.15, 0.2) is 9.90 Å². The van der Waals surface area contributed by atoms with Gasteiger partial charge in [-0.25, -0.2) is 4.98 Å². The summed E-state index contributed by atoms with van der Waals surface area (Å²) in [6.45, 7) is 0. The molecule has 2 aromatic heterocycles. The van der Waals surface area contributed by atoms with Gasteiger partial charge in [0.25, 0.3) is 5.91 Å². The molecule has 0 spiro atoms. The summed E-state index contributed by atoms with van der Waals surface area (Å²) in [6.07, 6.45) is 3.24. The third-order valence-corrected chi connectivity index (χ3v) is 3.67. The first-order valence-electron chi connectivity index (χ1n) is 5.82. The number of anilines is 1. The van der Waals surface area contributed by atoms with E-state index in [2.05, 4.69) is 15.3 Å². The second kappa shape index (κ2) is 5.40. The van der Waals surface area contributed by atoms with Gasteiger partial charge in [-0.15, -0.1) is 11.3 Å². The zero-order valence-corrected chi connectivity index (χ0v) is 11.9. The highest BCUT2D eigenvalue weighted by atomic mass is 32.1. The fourth-order valence-electron chi connectivity index (χ4n) is 1.82. The Morgan fingerprint density at radius 2 is 2.15 bits per heavy atom. The number of H-pyrrole nitrogens is 1. The van der Waals surface area contributed by atoms with E-state index in [1.807, 2.05) is 30.3 Å². The first-order valence-corrected chi connectivity index (χ1v) is 7.11. The minimum atomic E-state index is -0.254. The van der Waals surface area contributed by atoms with Gasteiger partial charge in [-0.3, -0.25) is 14.7 Å². The zero-order valence-electron chi connectivity index (χ0n) is 10.2. The van der Waals surface area contributed by atoms with Gasteiger partial charge >= 0.3 is 0 Å². The first-order chi connectivity index (χ1) is 9.75. The second-order valence-corrected chi connectivity index (χ2v) is 5.22. The number of carbonyl (C=O) groups excluding carboxylic acids is 1. The summed E-state index contributed by atoms with van der Waals surface area (Å²) in [7, 11) is 0. The van der Waals surface area contributed by atoms with Gasteiger partial charge in [-0.1, -0.05) is 18.2 Å². The van der Waals surface area contributed by atoms with Crippen molar-refractivity contribution in [2.45, 2.75) is 0 Å². The van der Waals surface area contributed by atoms with Crippen molar-refractivity contribution in [2.75, 3.05) is 5.32 Å². The van der Waals surface area contributed by atoms with Crippen LogP contribution < -0.4 is 5.32 Å². The summed E-state index contributed by atoms with van der Waals surface area (Å²) in [5, 5.41) is 5.10. The second-order valence-electron chi connectivity index (χ2n) is 3.94. The molecule has 100 valence electrons. The Labute approximate surface area is 123 Å². The lowest BCUT2D eigenvalue weighted by Crippen LogP contribution is -2.16. The van der Waals surface area contributed by atoms with Crippen molar-refractivity contribution in [3.05, 3.63) is 58.6 Å². The van der Waals surface area contributed by atoms with Crippen LogP contribution in [-0.2, 0) is 0 Å². The Balaban J connectivity index is 1.99. The molecule has 0 atom stereocenters. The fraction of sp³-hybridized carbons (Fsp3) is 0. The van der Waals surface area contributed by atoms with Crippen LogP contribution in [0.2, 0.25) is 0 Å². The molecule has 0 unspecified atom stereocenters. The Bertz CT molecular complexity index is 774. The molecule has 5 nitrogen and oxygen atoms in total. The molecule has 0 aliphatic heterocycles. The van der Waals surface area contributed by atoms with E-state index in [9.17, 15) is 4.79 Å². The Morgan fingerprint density at radius 3 is 2.85 bits per heavy atom. The molecule has 2 heterocycles. The molecule has 3 aromatic rings. The van der Waals surface area contributed by atoms with E-state index >= 15 is 0 Å². The molecule has 0 saturated carbocycles. The standard InChI is InChI=1S/C13H10N4OS2/c18-11(16-12-14-6-7-20-12)10-8-15-13(19)17(10)9-4-2-1-3-5-9/h1-8H,(H,15,19)(H,14,16,18). The number of rotatable bonds is 3. The topological polar surface area (TPSA) is 62.7 Å². The SMILES string of the molecule is O=C(Nc1nccs1)c1c[nH]c(=S)n1-c1ccccc1. The van der Waals surface area contributed by atoms with E-state index in [4.69, 9.17) is 12.2 Å². The van der Waals surface area contributed by atoms with Crippen LogP contribution in [0, 0.1) is 4.77 Å². The Kier molecular flexibility index (Phi) is 3.44. The number of benzene rings is 1. The van der Waals surface area contributed by atoms with Gasteiger partial charge in [0, 0.05) is 23.5 Å². The van der Waals surface area contributed by atoms with Gasteiger partial charge in [0.1, 0.15) is 5.69 Å². The number of nitrogens with one attached hydrogen (secondary N) is 2. The number of amides is 1. The normalized spacial score (nSPS) is 10.4. The van der Waals surface area contributed by atoms with Crippen LogP contribution >= 0.6 is 23.6 Å². The van der Waals surface area contributed by atoms with Crippen LogP contribution in [0.25, 0.3) is 5.69 Å². The fourth-order valence-corrected chi connectivity index (χ4v) is 2.60. The molecule has 0 radical (unpaired) electrons. The molecule has 0 bridgehead atoms. The molecule has 1 aromatic carbocycles. The lowest BCUT2D eigenvalue weighted by atomic mass is 10.3. The monoisotopic (exact) mass is 302 g/mol. The van der Waals surface area contributed by atoms with Crippen LogP contribution in [0.15, 0.2) is 48.1 Å². The molecule has 2 N–H and O–H groups in total. The number of imidazole rings is 1. The maximum atomic E-state index is 12.3. The Morgan fingerprint density at radius 1 is 1.35 bits per heavy atom. The molecule has 0 saturated heterocycles. The molecule has 3 rings (SSSR count). The summed E-state index contributed by atoms with van der Waals surface area (Å²) in [6, 6.07) is 9.49. The number of hydrogen-bond donors (Lipinski definition) is 2. The van der Waals surface area contributed by atoms with Gasteiger partial charge in [-0.2, -0.15) is 0 Å². The molecule has 0 aliphatic carbocycles. The van der Waals surface area contributed by atoms with Crippen LogP contribution in [0.5, 0.6) is 0 Å². The van der Waals surface area contributed by atoms with E-state index in [-0.39, 0.29) is 5.91 Å². The predicted molar refractivity (Wildman–Crippen MR) is 81.0 cm³/mol. The lowest BCUT2D eigenvalue weighted by molar-refractivity contribution is 0.102. The highest BCUT2D eigenvalue weighted by molar-refractivity contribution is 7.71. The number of thiazole rings is 1. The largest absolute Gasteiger partial charge is 0.336 e. The van der Waals surface area contributed by atoms with Gasteiger partial charge < -0.3 is 4.98 Å². The minimum absolute atomic E-state index is 0.254. The van der Waals surface area contributed by atoms with E-state index in [1.165, 1.54) is 11.3 Å². The summed E-state index contributed by atoms with van der Waals surface area (Å²) in [5.41, 5.74) is 1.28. The van der Waals surface area contributed by atoms with Crippen molar-refractivity contribution in [1.82, 2.24) is 14.5 Å². The molecular weight excluding hydrogens is 292 g/mol. The Hall–Kier alpha value is -2.25. The lowest BCUT2D eigenvalue weighted by Gasteiger charge is -2.07. The number of aromatic nitrogens is 3. The highest BCUT2D eigenvalue weighted by Gasteiger charge is 2.15. The quantitative estimate of drug-likeness (QED) is 0.730. The maximum Gasteiger partial charge on any atom is 0.276 e. The average molecular weight is 302 g/mol. The smallest absolute Gasteiger partial charge is 0.276 e. The van der Waals surface area contributed by atoms with Crippen molar-refractivity contribution < 1.29 is 4.79 Å². The van der Waals surface area contributed by atoms with Crippen LogP contribution in [0.3, 0.4) is 0 Å². The molecule has 20 heavy (non-hydrogen) atoms. The summed E-state index contributed by atoms with van der Waals surface area (Å²) < 4.78 is 2.17. The third kappa shape index (κ3) is 2.40. The van der Waals surface area contributed by atoms with Crippen molar-refractivity contribution in [3.8, 4) is 5.69 Å². The third-order valence-electron chi connectivity index (χ3n) is 2.68. The van der Waals surface area contributed by atoms with Crippen LogP contribution in [0.4, 0.5) is 5.13 Å². The van der Waals surface area contributed by atoms with Gasteiger partial charge in [0.2, 0.25) is 0 Å². The molecular formula is C13H10N4OS2. The van der Waals surface area contributed by atoms with Crippen molar-refractivity contribution in [2.24, 2.45) is 0 Å². The highest BCUT2D eigenvalue weighted by Crippen LogP contribution is 2.16. The van der Waals surface area contributed by atoms with E-state index in [0.29, 0.717) is 15.6 Å². The van der Waals surface area contributed by atoms with Crippen LogP contribution in [0.1, 0.15) is 10.5 Å². The predicted octanol–water partition coefficient (Wildman–Crippen LogP) is 3.24. The van der Waals surface area contributed by atoms with Crippen LogP contribution in [-0.4, -0.2) is 20.4 Å². The van der Waals surface area contributed by atoms with Gasteiger partial charge in [-0.05, 0) is 24.4 Å². The maximum absolute atomic E-state index is 12.3. The van der Waals surface area contributed by atoms with E-state index in [0.717, 1.165) is 5.69 Å². The van der Waals surface area contributed by atoms with Crippen molar-refractivity contribution >= 4 is 34.6 Å². The van der Waals surface area contributed by atoms with Crippen molar-refractivity contribution in [1.29, 1.82) is 0 Å². The molecule has 0 fully saturated rings. The number of hydrogen-bond acceptors (Lipinski definition) is 4. The number of para-hydroxylation sites is 1. The first kappa shape index (κ1) is 12.8. The zero-order chi connectivity index (χ0) is 13.9. The number of nitrogens with zero attached hydrogens (tertiary/aromatic N) is 2. The van der Waals surface area contributed by atoms with E-state index < -0.39 is 0 Å².